The van der Waals surface area contributed by atoms with Crippen LogP contribution in [0.2, 0.25) is 0 Å². The zero-order valence-electron chi connectivity index (χ0n) is 9.15. The maximum atomic E-state index is 13.2. The smallest absolute Gasteiger partial charge is 0.327 e. The van der Waals surface area contributed by atoms with Crippen LogP contribution in [0, 0.1) is 21.7 Å². The molecule has 0 aliphatic heterocycles. The maximum Gasteiger partial charge on any atom is 0.327 e. The molecule has 0 unspecified atom stereocenters. The molecule has 2 N–H and O–H groups in total. The minimum absolute atomic E-state index is 0.0655. The summed E-state index contributed by atoms with van der Waals surface area (Å²) < 4.78 is 26.1. The number of nitrogens with one attached hydrogen (secondary N) is 1. The van der Waals surface area contributed by atoms with Crippen LogP contribution >= 0.6 is 0 Å². The molecule has 0 saturated heterocycles. The van der Waals surface area contributed by atoms with E-state index in [4.69, 9.17) is 5.11 Å². The van der Waals surface area contributed by atoms with Crippen molar-refractivity contribution in [2.75, 3.05) is 11.9 Å². The van der Waals surface area contributed by atoms with Gasteiger partial charge in [0.05, 0.1) is 4.92 Å². The van der Waals surface area contributed by atoms with E-state index in [0.29, 0.717) is 6.07 Å². The number of nitrogens with zero attached hydrogens (tertiary/aromatic N) is 1. The number of carboxylic acid groups (broad SMARTS) is 1. The standard InChI is InChI=1S/C10H10F2N2O4/c11-6-4-7(12)10(14(17)18)8(5-6)13-3-1-2-9(15)16/h4-5,13H,1-3H2,(H,15,16). The van der Waals surface area contributed by atoms with Crippen molar-refractivity contribution < 1.29 is 23.6 Å². The highest BCUT2D eigenvalue weighted by Crippen LogP contribution is 2.28. The third-order valence-corrected chi connectivity index (χ3v) is 2.09. The molecule has 0 amide bonds. The van der Waals surface area contributed by atoms with Crippen LogP contribution < -0.4 is 5.32 Å². The van der Waals surface area contributed by atoms with E-state index in [1.165, 1.54) is 0 Å². The van der Waals surface area contributed by atoms with E-state index in [-0.39, 0.29) is 25.1 Å². The lowest BCUT2D eigenvalue weighted by Crippen LogP contribution is -2.08. The molecule has 1 rings (SSSR count). The van der Waals surface area contributed by atoms with E-state index in [1.54, 1.807) is 0 Å². The second-order valence-corrected chi connectivity index (χ2v) is 3.46. The van der Waals surface area contributed by atoms with E-state index in [9.17, 15) is 23.7 Å². The Morgan fingerprint density at radius 3 is 2.67 bits per heavy atom. The van der Waals surface area contributed by atoms with Gasteiger partial charge in [-0.15, -0.1) is 0 Å². The molecule has 0 fully saturated rings. The number of hydrogen-bond acceptors (Lipinski definition) is 4. The molecule has 0 radical (unpaired) electrons. The number of carboxylic acids is 1. The quantitative estimate of drug-likeness (QED) is 0.464. The fourth-order valence-electron chi connectivity index (χ4n) is 1.35. The van der Waals surface area contributed by atoms with Gasteiger partial charge in [0, 0.05) is 25.1 Å². The summed E-state index contributed by atoms with van der Waals surface area (Å²) >= 11 is 0. The Morgan fingerprint density at radius 2 is 2.11 bits per heavy atom. The van der Waals surface area contributed by atoms with Gasteiger partial charge in [0.2, 0.25) is 5.82 Å². The molecular formula is C10H10F2N2O4. The van der Waals surface area contributed by atoms with Gasteiger partial charge in [-0.1, -0.05) is 0 Å². The second-order valence-electron chi connectivity index (χ2n) is 3.46. The number of benzene rings is 1. The molecule has 0 spiro atoms. The maximum absolute atomic E-state index is 13.2. The number of nitro groups is 1. The monoisotopic (exact) mass is 260 g/mol. The van der Waals surface area contributed by atoms with Gasteiger partial charge in [-0.3, -0.25) is 14.9 Å². The average molecular weight is 260 g/mol. The second kappa shape index (κ2) is 5.89. The van der Waals surface area contributed by atoms with Crippen molar-refractivity contribution in [2.24, 2.45) is 0 Å². The predicted octanol–water partition coefficient (Wildman–Crippen LogP) is 2.15. The summed E-state index contributed by atoms with van der Waals surface area (Å²) in [5, 5.41) is 21.4. The van der Waals surface area contributed by atoms with Gasteiger partial charge in [-0.05, 0) is 6.42 Å². The van der Waals surface area contributed by atoms with E-state index in [2.05, 4.69) is 5.32 Å². The highest BCUT2D eigenvalue weighted by atomic mass is 19.1. The van der Waals surface area contributed by atoms with Crippen LogP contribution in [0.1, 0.15) is 12.8 Å². The summed E-state index contributed by atoms with van der Waals surface area (Å²) in [4.78, 5) is 19.9. The Morgan fingerprint density at radius 1 is 1.44 bits per heavy atom. The Hall–Kier alpha value is -2.25. The summed E-state index contributed by atoms with van der Waals surface area (Å²) in [5.74, 6) is -3.24. The highest BCUT2D eigenvalue weighted by molar-refractivity contribution is 5.67. The van der Waals surface area contributed by atoms with Crippen molar-refractivity contribution in [1.82, 2.24) is 0 Å². The van der Waals surface area contributed by atoms with Gasteiger partial charge in [0.25, 0.3) is 0 Å². The van der Waals surface area contributed by atoms with Crippen LogP contribution in [0.25, 0.3) is 0 Å². The largest absolute Gasteiger partial charge is 0.481 e. The van der Waals surface area contributed by atoms with Gasteiger partial charge in [-0.2, -0.15) is 4.39 Å². The van der Waals surface area contributed by atoms with Gasteiger partial charge >= 0.3 is 11.7 Å². The van der Waals surface area contributed by atoms with E-state index >= 15 is 0 Å². The zero-order chi connectivity index (χ0) is 13.7. The molecule has 0 aliphatic carbocycles. The van der Waals surface area contributed by atoms with Crippen molar-refractivity contribution in [3.63, 3.8) is 0 Å². The first-order valence-corrected chi connectivity index (χ1v) is 5.01. The first kappa shape index (κ1) is 13.8. The summed E-state index contributed by atoms with van der Waals surface area (Å²) in [6.45, 7) is 0.0655. The van der Waals surface area contributed by atoms with Crippen molar-refractivity contribution in [1.29, 1.82) is 0 Å². The number of hydrogen-bond donors (Lipinski definition) is 2. The average Bonchev–Trinajstić information content (AvgIpc) is 2.22. The molecule has 1 aromatic rings. The molecule has 0 saturated carbocycles. The molecule has 0 aliphatic rings. The lowest BCUT2D eigenvalue weighted by molar-refractivity contribution is -0.386. The number of anilines is 1. The Kier molecular flexibility index (Phi) is 4.52. The van der Waals surface area contributed by atoms with Crippen LogP contribution in [0.4, 0.5) is 20.2 Å². The summed E-state index contributed by atoms with van der Waals surface area (Å²) in [6.07, 6.45) is 0.0449. The molecule has 0 aromatic heterocycles. The molecule has 0 heterocycles. The molecule has 6 nitrogen and oxygen atoms in total. The predicted molar refractivity (Wildman–Crippen MR) is 58.4 cm³/mol. The summed E-state index contributed by atoms with van der Waals surface area (Å²) in [7, 11) is 0. The summed E-state index contributed by atoms with van der Waals surface area (Å²) in [5.41, 5.74) is -1.16. The minimum Gasteiger partial charge on any atom is -0.481 e. The van der Waals surface area contributed by atoms with Gasteiger partial charge in [0.1, 0.15) is 11.5 Å². The number of nitro benzene ring substituents is 1. The third-order valence-electron chi connectivity index (χ3n) is 2.09. The lowest BCUT2D eigenvalue weighted by atomic mass is 10.2. The molecule has 8 heteroatoms. The number of aliphatic carboxylic acids is 1. The van der Waals surface area contributed by atoms with Crippen molar-refractivity contribution in [2.45, 2.75) is 12.8 Å². The highest BCUT2D eigenvalue weighted by Gasteiger charge is 2.21. The van der Waals surface area contributed by atoms with E-state index in [1.807, 2.05) is 0 Å². The first-order valence-electron chi connectivity index (χ1n) is 5.01. The van der Waals surface area contributed by atoms with Crippen LogP contribution in [-0.4, -0.2) is 22.5 Å². The topological polar surface area (TPSA) is 92.5 Å². The first-order chi connectivity index (χ1) is 8.41. The Balaban J connectivity index is 2.80. The van der Waals surface area contributed by atoms with Crippen molar-refractivity contribution in [3.05, 3.63) is 33.9 Å². The van der Waals surface area contributed by atoms with Crippen LogP contribution in [0.15, 0.2) is 12.1 Å². The van der Waals surface area contributed by atoms with Crippen molar-refractivity contribution >= 4 is 17.3 Å². The molecule has 98 valence electrons. The van der Waals surface area contributed by atoms with Gasteiger partial charge in [0.15, 0.2) is 0 Å². The molecule has 1 aromatic carbocycles. The number of halogens is 2. The third kappa shape index (κ3) is 3.65. The lowest BCUT2D eigenvalue weighted by Gasteiger charge is -2.07. The summed E-state index contributed by atoms with van der Waals surface area (Å²) in [6, 6.07) is 1.21. The fourth-order valence-corrected chi connectivity index (χ4v) is 1.35. The number of carbonyl (C=O) groups is 1. The number of rotatable bonds is 6. The molecular weight excluding hydrogens is 250 g/mol. The van der Waals surface area contributed by atoms with Crippen LogP contribution in [0.3, 0.4) is 0 Å². The van der Waals surface area contributed by atoms with Gasteiger partial charge in [-0.25, -0.2) is 4.39 Å². The molecule has 18 heavy (non-hydrogen) atoms. The Labute approximate surface area is 100 Å². The molecule has 0 bridgehead atoms. The zero-order valence-corrected chi connectivity index (χ0v) is 9.15. The SMILES string of the molecule is O=C(O)CCCNc1cc(F)cc(F)c1[N+](=O)[O-]. The normalized spacial score (nSPS) is 10.1. The van der Waals surface area contributed by atoms with Crippen molar-refractivity contribution in [3.8, 4) is 0 Å². The Bertz CT molecular complexity index is 479. The molecule has 0 atom stereocenters. The van der Waals surface area contributed by atoms with Crippen LogP contribution in [-0.2, 0) is 4.79 Å². The van der Waals surface area contributed by atoms with Crippen LogP contribution in [0.5, 0.6) is 0 Å². The minimum atomic E-state index is -1.28. The van der Waals surface area contributed by atoms with E-state index < -0.39 is 28.2 Å². The van der Waals surface area contributed by atoms with Gasteiger partial charge < -0.3 is 10.4 Å². The van der Waals surface area contributed by atoms with E-state index in [0.717, 1.165) is 6.07 Å². The fraction of sp³-hybridized carbons (Fsp3) is 0.300.